The van der Waals surface area contributed by atoms with Gasteiger partial charge < -0.3 is 4.74 Å². The van der Waals surface area contributed by atoms with E-state index >= 15 is 0 Å². The summed E-state index contributed by atoms with van der Waals surface area (Å²) in [5, 5.41) is 2.27. The molecule has 0 bridgehead atoms. The normalized spacial score (nSPS) is 12.4. The molecule has 0 spiro atoms. The number of carbonyl (C=O) groups is 1. The molecule has 0 saturated carbocycles. The number of alkyl halides is 3. The first kappa shape index (κ1) is 19.5. The highest BCUT2D eigenvalue weighted by Gasteiger charge is 2.51. The molecule has 2 nitrogen and oxygen atoms in total. The van der Waals surface area contributed by atoms with E-state index in [0.29, 0.717) is 0 Å². The number of halogens is 3. The first-order valence-electron chi connectivity index (χ1n) is 9.02. The molecule has 0 aliphatic carbocycles. The van der Waals surface area contributed by atoms with E-state index in [2.05, 4.69) is 24.3 Å². The highest BCUT2D eigenvalue weighted by Crippen LogP contribution is 2.48. The van der Waals surface area contributed by atoms with Crippen LogP contribution < -0.4 is 0 Å². The van der Waals surface area contributed by atoms with E-state index in [1.807, 2.05) is 30.3 Å². The van der Waals surface area contributed by atoms with Crippen LogP contribution in [0.25, 0.3) is 25.1 Å². The number of benzene rings is 3. The first-order valence-corrected chi connectivity index (χ1v) is 10.2. The maximum atomic E-state index is 13.1. The van der Waals surface area contributed by atoms with Crippen molar-refractivity contribution in [3.05, 3.63) is 78.4 Å². The minimum absolute atomic E-state index is 0.106. The Labute approximate surface area is 168 Å². The Balaban J connectivity index is 1.82. The number of hydrogen-bond donors (Lipinski definition) is 0. The van der Waals surface area contributed by atoms with Gasteiger partial charge in [-0.05, 0) is 50.2 Å². The quantitative estimate of drug-likeness (QED) is 0.261. The van der Waals surface area contributed by atoms with Gasteiger partial charge in [0.2, 0.25) is 5.60 Å². The maximum absolute atomic E-state index is 13.1. The third-order valence-electron chi connectivity index (χ3n) is 4.84. The molecule has 0 aliphatic heterocycles. The molecule has 3 aromatic carbocycles. The fourth-order valence-electron chi connectivity index (χ4n) is 3.21. The zero-order chi connectivity index (χ0) is 20.8. The number of thiophene rings is 1. The summed E-state index contributed by atoms with van der Waals surface area (Å²) in [6.45, 7) is 1.69. The number of rotatable bonds is 3. The SMILES string of the molecule is CC(C)(OC(=O)c1cccc(-[s+]2c3ccccc3c3ccccc32)c1)C(F)(F)F. The summed E-state index contributed by atoms with van der Waals surface area (Å²) in [6.07, 6.45) is -4.65. The molecule has 1 heterocycles. The predicted molar refractivity (Wildman–Crippen MR) is 111 cm³/mol. The average Bonchev–Trinajstić information content (AvgIpc) is 3.01. The number of fused-ring (bicyclic) bond motifs is 3. The molecule has 4 rings (SSSR count). The van der Waals surface area contributed by atoms with Gasteiger partial charge in [-0.3, -0.25) is 0 Å². The van der Waals surface area contributed by atoms with E-state index in [1.54, 1.807) is 12.1 Å². The van der Waals surface area contributed by atoms with Gasteiger partial charge in [0.15, 0.2) is 14.3 Å². The van der Waals surface area contributed by atoms with Crippen molar-refractivity contribution >= 4 is 36.6 Å². The van der Waals surface area contributed by atoms with E-state index in [1.165, 1.54) is 6.07 Å². The summed E-state index contributed by atoms with van der Waals surface area (Å²) in [5.41, 5.74) is -2.45. The van der Waals surface area contributed by atoms with Crippen LogP contribution in [-0.2, 0) is 4.74 Å². The molecule has 0 saturated heterocycles. The van der Waals surface area contributed by atoms with Crippen LogP contribution >= 0.6 is 10.5 Å². The van der Waals surface area contributed by atoms with Gasteiger partial charge in [0.25, 0.3) is 0 Å². The van der Waals surface area contributed by atoms with Crippen molar-refractivity contribution in [2.24, 2.45) is 0 Å². The largest absolute Gasteiger partial charge is 0.446 e. The summed E-state index contributed by atoms with van der Waals surface area (Å²) in [5.74, 6) is -0.987. The van der Waals surface area contributed by atoms with E-state index < -0.39 is 28.2 Å². The molecule has 6 heteroatoms. The van der Waals surface area contributed by atoms with Gasteiger partial charge in [0, 0.05) is 27.3 Å². The van der Waals surface area contributed by atoms with Crippen LogP contribution in [0.4, 0.5) is 13.2 Å². The van der Waals surface area contributed by atoms with Crippen molar-refractivity contribution in [3.8, 4) is 4.90 Å². The smallest absolute Gasteiger partial charge is 0.427 e. The molecule has 0 fully saturated rings. The maximum Gasteiger partial charge on any atom is 0.427 e. The van der Waals surface area contributed by atoms with Crippen LogP contribution in [0, 0.1) is 0 Å². The lowest BCUT2D eigenvalue weighted by Gasteiger charge is -2.27. The molecule has 1 aromatic heterocycles. The molecule has 29 heavy (non-hydrogen) atoms. The molecular weight excluding hydrogens is 397 g/mol. The van der Waals surface area contributed by atoms with E-state index in [0.717, 1.165) is 38.9 Å². The molecule has 0 aliphatic rings. The molecule has 4 aromatic rings. The third kappa shape index (κ3) is 3.38. The Kier molecular flexibility index (Phi) is 4.62. The number of carbonyl (C=O) groups excluding carboxylic acids is 1. The van der Waals surface area contributed by atoms with Crippen molar-refractivity contribution < 1.29 is 22.7 Å². The molecule has 0 unspecified atom stereocenters. The average molecular weight is 415 g/mol. The molecule has 0 radical (unpaired) electrons. The Bertz CT molecular complexity index is 1170. The van der Waals surface area contributed by atoms with E-state index in [4.69, 9.17) is 4.74 Å². The number of ether oxygens (including phenoxy) is 1. The van der Waals surface area contributed by atoms with Gasteiger partial charge in [0.05, 0.1) is 5.56 Å². The fourth-order valence-corrected chi connectivity index (χ4v) is 5.63. The van der Waals surface area contributed by atoms with Gasteiger partial charge >= 0.3 is 12.1 Å². The second kappa shape index (κ2) is 6.88. The van der Waals surface area contributed by atoms with Crippen LogP contribution in [0.2, 0.25) is 0 Å². The molecule has 148 valence electrons. The Morgan fingerprint density at radius 1 is 0.828 bits per heavy atom. The topological polar surface area (TPSA) is 26.3 Å². The zero-order valence-electron chi connectivity index (χ0n) is 15.8. The second-order valence-electron chi connectivity index (χ2n) is 7.22. The Hall–Kier alpha value is -2.86. The van der Waals surface area contributed by atoms with Crippen molar-refractivity contribution in [3.63, 3.8) is 0 Å². The van der Waals surface area contributed by atoms with Crippen molar-refractivity contribution in [2.45, 2.75) is 25.6 Å². The summed E-state index contributed by atoms with van der Waals surface area (Å²) in [7, 11) is -0.438. The fraction of sp³-hybridized carbons (Fsp3) is 0.174. The van der Waals surface area contributed by atoms with Crippen LogP contribution in [0.15, 0.2) is 72.8 Å². The Morgan fingerprint density at radius 3 is 1.93 bits per heavy atom. The lowest BCUT2D eigenvalue weighted by molar-refractivity contribution is -0.244. The van der Waals surface area contributed by atoms with Gasteiger partial charge in [-0.2, -0.15) is 13.2 Å². The highest BCUT2D eigenvalue weighted by atomic mass is 32.2. The lowest BCUT2D eigenvalue weighted by atomic mass is 10.1. The standard InChI is InChI=1S/C23H18F3O2S/c1-22(2,23(24,25)26)28-21(27)15-8-7-9-16(14-15)29-19-12-5-3-10-17(19)18-11-4-6-13-20(18)29/h3-14H,1-2H3/q+1. The minimum Gasteiger partial charge on any atom is -0.446 e. The highest BCUT2D eigenvalue weighted by molar-refractivity contribution is 7.50. The zero-order valence-corrected chi connectivity index (χ0v) is 16.6. The monoisotopic (exact) mass is 415 g/mol. The van der Waals surface area contributed by atoms with Crippen LogP contribution in [-0.4, -0.2) is 17.7 Å². The third-order valence-corrected chi connectivity index (χ3v) is 7.16. The lowest BCUT2D eigenvalue weighted by Crippen LogP contribution is -2.43. The van der Waals surface area contributed by atoms with Gasteiger partial charge in [0.1, 0.15) is 0 Å². The molecule has 0 N–H and O–H groups in total. The van der Waals surface area contributed by atoms with E-state index in [-0.39, 0.29) is 5.56 Å². The van der Waals surface area contributed by atoms with Gasteiger partial charge in [-0.1, -0.05) is 30.3 Å². The van der Waals surface area contributed by atoms with Crippen LogP contribution in [0.3, 0.4) is 0 Å². The molecule has 0 atom stereocenters. The summed E-state index contributed by atoms with van der Waals surface area (Å²) in [6, 6.07) is 22.8. The summed E-state index contributed by atoms with van der Waals surface area (Å²) in [4.78, 5) is 13.3. The molecular formula is C23H18F3O2S+. The summed E-state index contributed by atoms with van der Waals surface area (Å²) >= 11 is 0. The minimum atomic E-state index is -4.65. The van der Waals surface area contributed by atoms with E-state index in [9.17, 15) is 18.0 Å². The van der Waals surface area contributed by atoms with Crippen LogP contribution in [0.1, 0.15) is 24.2 Å². The molecule has 0 amide bonds. The first-order chi connectivity index (χ1) is 13.7. The second-order valence-corrected chi connectivity index (χ2v) is 9.19. The van der Waals surface area contributed by atoms with Crippen molar-refractivity contribution in [2.75, 3.05) is 0 Å². The van der Waals surface area contributed by atoms with Gasteiger partial charge in [-0.15, -0.1) is 0 Å². The Morgan fingerprint density at radius 2 is 1.38 bits per heavy atom. The number of hydrogen-bond acceptors (Lipinski definition) is 2. The van der Waals surface area contributed by atoms with Crippen molar-refractivity contribution in [1.82, 2.24) is 0 Å². The van der Waals surface area contributed by atoms with Crippen LogP contribution in [0.5, 0.6) is 0 Å². The number of esters is 1. The van der Waals surface area contributed by atoms with Gasteiger partial charge in [-0.25, -0.2) is 4.79 Å². The summed E-state index contributed by atoms with van der Waals surface area (Å²) < 4.78 is 46.3. The predicted octanol–water partition coefficient (Wildman–Crippen LogP) is 7.23. The van der Waals surface area contributed by atoms with Crippen molar-refractivity contribution in [1.29, 1.82) is 0 Å².